The molecule has 280 valence electrons. The smallest absolute Gasteiger partial charge is 0.0635 e. The minimum Gasteiger partial charge on any atom is -0.316 e. The van der Waals surface area contributed by atoms with Gasteiger partial charge in [-0.3, -0.25) is 0 Å². The summed E-state index contributed by atoms with van der Waals surface area (Å²) in [5.74, 6) is 0. The van der Waals surface area contributed by atoms with E-state index in [9.17, 15) is 0 Å². The molecule has 12 aromatic rings. The van der Waals surface area contributed by atoms with Crippen molar-refractivity contribution in [2.75, 3.05) is 0 Å². The Labute approximate surface area is 348 Å². The van der Waals surface area contributed by atoms with E-state index in [0.717, 1.165) is 11.4 Å². The van der Waals surface area contributed by atoms with Crippen LogP contribution in [0.3, 0.4) is 0 Å². The predicted octanol–water partition coefficient (Wildman–Crippen LogP) is 15.7. The molecule has 12 rings (SSSR count). The van der Waals surface area contributed by atoms with Crippen LogP contribution in [0.1, 0.15) is 0 Å². The molecule has 60 heavy (non-hydrogen) atoms. The number of rotatable bonds is 6. The number of hydrogen-bond donors (Lipinski definition) is 0. The maximum Gasteiger partial charge on any atom is 0.0635 e. The Balaban J connectivity index is 1.09. The van der Waals surface area contributed by atoms with Gasteiger partial charge in [0.25, 0.3) is 0 Å². The molecule has 2 heterocycles. The Morgan fingerprint density at radius 2 is 0.733 bits per heavy atom. The molecule has 0 spiro atoms. The van der Waals surface area contributed by atoms with Gasteiger partial charge in [-0.1, -0.05) is 176 Å². The van der Waals surface area contributed by atoms with Crippen molar-refractivity contribution in [3.63, 3.8) is 0 Å². The third-order valence-electron chi connectivity index (χ3n) is 12.3. The first kappa shape index (κ1) is 34.1. The molecule has 0 saturated heterocycles. The fourth-order valence-corrected chi connectivity index (χ4v) is 9.67. The first-order valence-electron chi connectivity index (χ1n) is 20.7. The second kappa shape index (κ2) is 13.9. The number of para-hydroxylation sites is 1. The summed E-state index contributed by atoms with van der Waals surface area (Å²) in [5.41, 5.74) is 15.6. The van der Waals surface area contributed by atoms with Gasteiger partial charge in [-0.2, -0.15) is 0 Å². The van der Waals surface area contributed by atoms with Crippen molar-refractivity contribution >= 4 is 54.3 Å². The summed E-state index contributed by atoms with van der Waals surface area (Å²) in [5, 5.41) is 8.72. The van der Waals surface area contributed by atoms with Crippen molar-refractivity contribution in [3.8, 4) is 55.9 Å². The van der Waals surface area contributed by atoms with Gasteiger partial charge < -0.3 is 9.13 Å². The molecule has 2 heteroatoms. The van der Waals surface area contributed by atoms with Crippen LogP contribution in [0.5, 0.6) is 0 Å². The van der Waals surface area contributed by atoms with Crippen LogP contribution in [0.15, 0.2) is 231 Å². The van der Waals surface area contributed by atoms with E-state index in [-0.39, 0.29) is 0 Å². The van der Waals surface area contributed by atoms with Crippen LogP contribution in [-0.2, 0) is 0 Å². The fourth-order valence-electron chi connectivity index (χ4n) is 9.67. The molecule has 0 aliphatic heterocycles. The van der Waals surface area contributed by atoms with Gasteiger partial charge in [0.2, 0.25) is 0 Å². The molecule has 0 amide bonds. The standard InChI is InChI=1S/C58H38N2/c1-4-17-39(18-5-1)43-35-44(40-19-6-2-7-20-40)38-46(37-43)59-34-33-53-54(59)32-31-52-47-25-14-15-30-55(47)60(58(52)53)45-24-16-23-42(36-45)57-50-28-12-10-26-48(50)56(41-21-8-3-9-22-41)49-27-11-13-29-51(49)57/h1-38H. The first-order chi connectivity index (χ1) is 29.8. The zero-order valence-corrected chi connectivity index (χ0v) is 32.8. The van der Waals surface area contributed by atoms with Crippen LogP contribution in [-0.4, -0.2) is 9.13 Å². The van der Waals surface area contributed by atoms with Crippen molar-refractivity contribution in [1.29, 1.82) is 0 Å². The average molecular weight is 763 g/mol. The van der Waals surface area contributed by atoms with E-state index in [0.29, 0.717) is 0 Å². The van der Waals surface area contributed by atoms with Gasteiger partial charge in [0.15, 0.2) is 0 Å². The highest BCUT2D eigenvalue weighted by Gasteiger charge is 2.20. The Hall–Kier alpha value is -7.94. The lowest BCUT2D eigenvalue weighted by Crippen LogP contribution is -1.97. The molecule has 10 aromatic carbocycles. The predicted molar refractivity (Wildman–Crippen MR) is 254 cm³/mol. The molecule has 0 saturated carbocycles. The monoisotopic (exact) mass is 762 g/mol. The van der Waals surface area contributed by atoms with Crippen LogP contribution >= 0.6 is 0 Å². The van der Waals surface area contributed by atoms with E-state index >= 15 is 0 Å². The number of aromatic nitrogens is 2. The highest BCUT2D eigenvalue weighted by molar-refractivity contribution is 6.22. The Morgan fingerprint density at radius 1 is 0.250 bits per heavy atom. The van der Waals surface area contributed by atoms with E-state index in [1.54, 1.807) is 0 Å². The van der Waals surface area contributed by atoms with Crippen molar-refractivity contribution in [2.45, 2.75) is 0 Å². The third kappa shape index (κ3) is 5.42. The summed E-state index contributed by atoms with van der Waals surface area (Å²) in [4.78, 5) is 0. The second-order valence-corrected chi connectivity index (χ2v) is 15.7. The topological polar surface area (TPSA) is 9.86 Å². The summed E-state index contributed by atoms with van der Waals surface area (Å²) in [6.07, 6.45) is 2.24. The SMILES string of the molecule is c1ccc(-c2cc(-c3ccccc3)cc(-n3ccc4c3ccc3c5ccccc5n(-c5cccc(-c6c7ccccc7c(-c7ccccc7)c7ccccc67)c5)c34)c2)cc1. The summed E-state index contributed by atoms with van der Waals surface area (Å²) >= 11 is 0. The zero-order chi connectivity index (χ0) is 39.6. The van der Waals surface area contributed by atoms with E-state index in [1.165, 1.54) is 98.8 Å². The summed E-state index contributed by atoms with van der Waals surface area (Å²) < 4.78 is 4.85. The molecule has 2 nitrogen and oxygen atoms in total. The Morgan fingerprint density at radius 3 is 1.33 bits per heavy atom. The number of nitrogens with zero attached hydrogens (tertiary/aromatic N) is 2. The van der Waals surface area contributed by atoms with Gasteiger partial charge >= 0.3 is 0 Å². The quantitative estimate of drug-likeness (QED) is 0.149. The molecule has 2 aromatic heterocycles. The maximum atomic E-state index is 2.49. The van der Waals surface area contributed by atoms with Gasteiger partial charge in [0, 0.05) is 33.7 Å². The maximum absolute atomic E-state index is 2.49. The molecule has 0 radical (unpaired) electrons. The van der Waals surface area contributed by atoms with Crippen molar-refractivity contribution in [1.82, 2.24) is 9.13 Å². The zero-order valence-electron chi connectivity index (χ0n) is 32.8. The first-order valence-corrected chi connectivity index (χ1v) is 20.7. The molecule has 0 unspecified atom stereocenters. The van der Waals surface area contributed by atoms with Gasteiger partial charge in [-0.05, 0) is 115 Å². The van der Waals surface area contributed by atoms with Crippen molar-refractivity contribution in [2.24, 2.45) is 0 Å². The highest BCUT2D eigenvalue weighted by atomic mass is 15.0. The molecule has 0 fully saturated rings. The lowest BCUT2D eigenvalue weighted by molar-refractivity contribution is 1.13. The molecular weight excluding hydrogens is 725 g/mol. The number of hydrogen-bond acceptors (Lipinski definition) is 0. The largest absolute Gasteiger partial charge is 0.316 e. The average Bonchev–Trinajstić information content (AvgIpc) is 3.91. The van der Waals surface area contributed by atoms with E-state index in [1.807, 2.05) is 0 Å². The number of benzene rings is 10. The minimum atomic E-state index is 1.13. The lowest BCUT2D eigenvalue weighted by Gasteiger charge is -2.18. The van der Waals surface area contributed by atoms with Crippen LogP contribution in [0.25, 0.3) is 110 Å². The molecule has 0 atom stereocenters. The molecule has 0 N–H and O–H groups in total. The van der Waals surface area contributed by atoms with Gasteiger partial charge in [-0.15, -0.1) is 0 Å². The van der Waals surface area contributed by atoms with Gasteiger partial charge in [0.05, 0.1) is 16.6 Å². The van der Waals surface area contributed by atoms with Crippen molar-refractivity contribution < 1.29 is 0 Å². The summed E-state index contributed by atoms with van der Waals surface area (Å²) in [7, 11) is 0. The van der Waals surface area contributed by atoms with E-state index < -0.39 is 0 Å². The molecule has 0 aliphatic carbocycles. The summed E-state index contributed by atoms with van der Waals surface area (Å²) in [6, 6.07) is 81.9. The highest BCUT2D eigenvalue weighted by Crippen LogP contribution is 2.45. The Kier molecular flexibility index (Phi) is 7.89. The molecule has 0 bridgehead atoms. The molecule has 0 aliphatic rings. The van der Waals surface area contributed by atoms with Crippen LogP contribution < -0.4 is 0 Å². The number of fused-ring (bicyclic) bond motifs is 7. The summed E-state index contributed by atoms with van der Waals surface area (Å²) in [6.45, 7) is 0. The fraction of sp³-hybridized carbons (Fsp3) is 0. The second-order valence-electron chi connectivity index (χ2n) is 15.7. The van der Waals surface area contributed by atoms with Gasteiger partial charge in [-0.25, -0.2) is 0 Å². The normalized spacial score (nSPS) is 11.7. The van der Waals surface area contributed by atoms with Crippen molar-refractivity contribution in [3.05, 3.63) is 231 Å². The van der Waals surface area contributed by atoms with E-state index in [4.69, 9.17) is 0 Å². The molecular formula is C58H38N2. The minimum absolute atomic E-state index is 1.13. The van der Waals surface area contributed by atoms with Crippen LogP contribution in [0.4, 0.5) is 0 Å². The van der Waals surface area contributed by atoms with Gasteiger partial charge in [0.1, 0.15) is 0 Å². The van der Waals surface area contributed by atoms with E-state index in [2.05, 4.69) is 240 Å². The third-order valence-corrected chi connectivity index (χ3v) is 12.3. The van der Waals surface area contributed by atoms with Crippen LogP contribution in [0.2, 0.25) is 0 Å². The van der Waals surface area contributed by atoms with Crippen LogP contribution in [0, 0.1) is 0 Å². The Bertz CT molecular complexity index is 3460. The lowest BCUT2D eigenvalue weighted by atomic mass is 9.86.